The highest BCUT2D eigenvalue weighted by Crippen LogP contribution is 2.11. The largest absolute Gasteiger partial charge is 0.303 e. The molecule has 0 aliphatic rings. The summed E-state index contributed by atoms with van der Waals surface area (Å²) in [5.41, 5.74) is 1.13. The Balaban J connectivity index is 1.92. The molecule has 2 aromatic rings. The number of hydrogen-bond donors (Lipinski definition) is 2. The lowest BCUT2D eigenvalue weighted by atomic mass is 10.2. The van der Waals surface area contributed by atoms with Gasteiger partial charge in [0, 0.05) is 23.4 Å². The quantitative estimate of drug-likeness (QED) is 0.897. The highest BCUT2D eigenvalue weighted by atomic mass is 79.9. The van der Waals surface area contributed by atoms with Crippen molar-refractivity contribution in [3.63, 3.8) is 0 Å². The monoisotopic (exact) mass is 281 g/mol. The van der Waals surface area contributed by atoms with E-state index < -0.39 is 0 Å². The molecule has 0 saturated carbocycles. The van der Waals surface area contributed by atoms with Crippen molar-refractivity contribution >= 4 is 15.9 Å². The Morgan fingerprint density at radius 3 is 3.06 bits per heavy atom. The average Bonchev–Trinajstić information content (AvgIpc) is 2.79. The summed E-state index contributed by atoms with van der Waals surface area (Å²) in [4.78, 5) is 8.19. The van der Waals surface area contributed by atoms with Crippen molar-refractivity contribution in [1.29, 1.82) is 0 Å². The fraction of sp³-hybridized carbons (Fsp3) is 0.300. The highest BCUT2D eigenvalue weighted by Gasteiger charge is 2.07. The number of rotatable bonds is 4. The van der Waals surface area contributed by atoms with Crippen molar-refractivity contribution < 1.29 is 0 Å². The molecule has 1 atom stereocenters. The second kappa shape index (κ2) is 5.18. The first-order valence-electron chi connectivity index (χ1n) is 4.94. The van der Waals surface area contributed by atoms with Gasteiger partial charge in [0.2, 0.25) is 0 Å². The van der Waals surface area contributed by atoms with Crippen LogP contribution in [0.15, 0.2) is 29.3 Å². The zero-order valence-corrected chi connectivity index (χ0v) is 10.4. The van der Waals surface area contributed by atoms with E-state index >= 15 is 0 Å². The topological polar surface area (TPSA) is 66.5 Å². The van der Waals surface area contributed by atoms with Gasteiger partial charge in [0.25, 0.3) is 0 Å². The summed E-state index contributed by atoms with van der Waals surface area (Å²) >= 11 is 3.39. The maximum atomic E-state index is 4.10. The van der Waals surface area contributed by atoms with Crippen molar-refractivity contribution in [1.82, 2.24) is 25.5 Å². The molecular weight excluding hydrogens is 270 g/mol. The van der Waals surface area contributed by atoms with Crippen LogP contribution in [0.1, 0.15) is 24.4 Å². The SMILES string of the molecule is CC(NCc1cncc(Br)c1)c1ncn[nH]1. The summed E-state index contributed by atoms with van der Waals surface area (Å²) in [6, 6.07) is 2.18. The highest BCUT2D eigenvalue weighted by molar-refractivity contribution is 9.10. The van der Waals surface area contributed by atoms with E-state index in [1.54, 1.807) is 6.20 Å². The molecule has 0 aromatic carbocycles. The van der Waals surface area contributed by atoms with Crippen molar-refractivity contribution in [2.45, 2.75) is 19.5 Å². The van der Waals surface area contributed by atoms with Gasteiger partial charge in [-0.3, -0.25) is 10.1 Å². The van der Waals surface area contributed by atoms with Crippen LogP contribution in [-0.2, 0) is 6.54 Å². The van der Waals surface area contributed by atoms with E-state index in [2.05, 4.69) is 41.4 Å². The lowest BCUT2D eigenvalue weighted by Crippen LogP contribution is -2.19. The minimum Gasteiger partial charge on any atom is -0.303 e. The van der Waals surface area contributed by atoms with Gasteiger partial charge < -0.3 is 5.32 Å². The Bertz CT molecular complexity index is 442. The van der Waals surface area contributed by atoms with Crippen molar-refractivity contribution in [2.75, 3.05) is 0 Å². The molecule has 2 aromatic heterocycles. The Kier molecular flexibility index (Phi) is 3.63. The molecule has 0 fully saturated rings. The fourth-order valence-electron chi connectivity index (χ4n) is 1.34. The molecule has 0 bridgehead atoms. The number of halogens is 1. The molecule has 16 heavy (non-hydrogen) atoms. The van der Waals surface area contributed by atoms with Gasteiger partial charge in [0.1, 0.15) is 12.2 Å². The van der Waals surface area contributed by atoms with Crippen molar-refractivity contribution in [3.05, 3.63) is 40.6 Å². The molecule has 0 aliphatic carbocycles. The third kappa shape index (κ3) is 2.86. The molecule has 0 amide bonds. The summed E-state index contributed by atoms with van der Waals surface area (Å²) in [6.45, 7) is 2.78. The molecule has 5 nitrogen and oxygen atoms in total. The summed E-state index contributed by atoms with van der Waals surface area (Å²) in [7, 11) is 0. The summed E-state index contributed by atoms with van der Waals surface area (Å²) in [5.74, 6) is 0.836. The van der Waals surface area contributed by atoms with Gasteiger partial charge >= 0.3 is 0 Å². The first-order chi connectivity index (χ1) is 7.75. The van der Waals surface area contributed by atoms with Crippen molar-refractivity contribution in [3.8, 4) is 0 Å². The number of aromatic amines is 1. The smallest absolute Gasteiger partial charge is 0.141 e. The van der Waals surface area contributed by atoms with E-state index in [0.29, 0.717) is 0 Å². The minimum atomic E-state index is 0.140. The van der Waals surface area contributed by atoms with Crippen LogP contribution in [0.2, 0.25) is 0 Å². The first-order valence-corrected chi connectivity index (χ1v) is 5.73. The predicted octanol–water partition coefficient (Wildman–Crippen LogP) is 1.81. The van der Waals surface area contributed by atoms with Crippen LogP contribution in [0.5, 0.6) is 0 Å². The Labute approximate surface area is 102 Å². The van der Waals surface area contributed by atoms with E-state index in [9.17, 15) is 0 Å². The molecule has 0 radical (unpaired) electrons. The molecule has 0 spiro atoms. The lowest BCUT2D eigenvalue weighted by Gasteiger charge is -2.10. The standard InChI is InChI=1S/C10H12BrN5/c1-7(10-14-6-15-16-10)13-4-8-2-9(11)5-12-3-8/h2-3,5-7,13H,4H2,1H3,(H,14,15,16). The van der Waals surface area contributed by atoms with Crippen LogP contribution >= 0.6 is 15.9 Å². The summed E-state index contributed by atoms with van der Waals surface area (Å²) < 4.78 is 0.985. The molecule has 2 N–H and O–H groups in total. The number of aromatic nitrogens is 4. The lowest BCUT2D eigenvalue weighted by molar-refractivity contribution is 0.547. The van der Waals surface area contributed by atoms with Gasteiger partial charge in [-0.2, -0.15) is 5.10 Å². The molecular formula is C10H12BrN5. The fourth-order valence-corrected chi connectivity index (χ4v) is 1.76. The third-order valence-electron chi connectivity index (χ3n) is 2.22. The molecule has 1 unspecified atom stereocenters. The molecule has 2 rings (SSSR count). The number of hydrogen-bond acceptors (Lipinski definition) is 4. The van der Waals surface area contributed by atoms with E-state index in [1.807, 2.05) is 19.2 Å². The Morgan fingerprint density at radius 2 is 2.38 bits per heavy atom. The number of nitrogens with zero attached hydrogens (tertiary/aromatic N) is 3. The molecule has 0 aliphatic heterocycles. The van der Waals surface area contributed by atoms with Gasteiger partial charge in [-0.25, -0.2) is 4.98 Å². The van der Waals surface area contributed by atoms with Gasteiger partial charge in [-0.05, 0) is 34.5 Å². The molecule has 0 saturated heterocycles. The summed E-state index contributed by atoms with van der Waals surface area (Å²) in [6.07, 6.45) is 5.11. The first kappa shape index (κ1) is 11.2. The van der Waals surface area contributed by atoms with E-state index in [4.69, 9.17) is 0 Å². The van der Waals surface area contributed by atoms with Crippen LogP contribution in [-0.4, -0.2) is 20.2 Å². The van der Waals surface area contributed by atoms with Crippen LogP contribution in [0, 0.1) is 0 Å². The maximum Gasteiger partial charge on any atom is 0.141 e. The summed E-state index contributed by atoms with van der Waals surface area (Å²) in [5, 5.41) is 9.99. The molecule has 6 heteroatoms. The van der Waals surface area contributed by atoms with Crippen LogP contribution in [0.4, 0.5) is 0 Å². The Hall–Kier alpha value is -1.27. The maximum absolute atomic E-state index is 4.10. The zero-order valence-electron chi connectivity index (χ0n) is 8.81. The second-order valence-corrected chi connectivity index (χ2v) is 4.40. The van der Waals surface area contributed by atoms with Crippen LogP contribution in [0.25, 0.3) is 0 Å². The number of H-pyrrole nitrogens is 1. The van der Waals surface area contributed by atoms with Crippen LogP contribution < -0.4 is 5.32 Å². The predicted molar refractivity (Wildman–Crippen MR) is 63.6 cm³/mol. The molecule has 2 heterocycles. The molecule has 84 valence electrons. The Morgan fingerprint density at radius 1 is 1.50 bits per heavy atom. The van der Waals surface area contributed by atoms with Gasteiger partial charge in [0.15, 0.2) is 0 Å². The second-order valence-electron chi connectivity index (χ2n) is 3.48. The van der Waals surface area contributed by atoms with Gasteiger partial charge in [-0.1, -0.05) is 0 Å². The van der Waals surface area contributed by atoms with Gasteiger partial charge in [0.05, 0.1) is 6.04 Å². The normalized spacial score (nSPS) is 12.6. The number of pyridine rings is 1. The van der Waals surface area contributed by atoms with Crippen molar-refractivity contribution in [2.24, 2.45) is 0 Å². The van der Waals surface area contributed by atoms with E-state index in [-0.39, 0.29) is 6.04 Å². The zero-order chi connectivity index (χ0) is 11.4. The third-order valence-corrected chi connectivity index (χ3v) is 2.65. The minimum absolute atomic E-state index is 0.140. The van der Waals surface area contributed by atoms with E-state index in [1.165, 1.54) is 6.33 Å². The van der Waals surface area contributed by atoms with Crippen LogP contribution in [0.3, 0.4) is 0 Å². The number of nitrogens with one attached hydrogen (secondary N) is 2. The van der Waals surface area contributed by atoms with Gasteiger partial charge in [-0.15, -0.1) is 0 Å². The average molecular weight is 282 g/mol. The van der Waals surface area contributed by atoms with E-state index in [0.717, 1.165) is 22.4 Å².